The van der Waals surface area contributed by atoms with Crippen LogP contribution in [0.15, 0.2) is 59.2 Å². The number of hydrogen-bond donors (Lipinski definition) is 0. The Morgan fingerprint density at radius 2 is 1.48 bits per heavy atom. The van der Waals surface area contributed by atoms with Crippen molar-refractivity contribution in [1.29, 1.82) is 0 Å². The average molecular weight is 318 g/mol. The van der Waals surface area contributed by atoms with Gasteiger partial charge in [-0.25, -0.2) is 9.79 Å². The number of cyclic esters (lactones) is 1. The highest BCUT2D eigenvalue weighted by atomic mass is 35.5. The summed E-state index contributed by atoms with van der Waals surface area (Å²) in [5.41, 5.74) is 1.78. The van der Waals surface area contributed by atoms with E-state index >= 15 is 0 Å². The van der Waals surface area contributed by atoms with Crippen LogP contribution in [0.1, 0.15) is 11.1 Å². The molecule has 104 valence electrons. The van der Waals surface area contributed by atoms with Gasteiger partial charge in [-0.15, -0.1) is 0 Å². The largest absolute Gasteiger partial charge is 0.402 e. The molecule has 0 saturated heterocycles. The second-order valence-corrected chi connectivity index (χ2v) is 5.27. The van der Waals surface area contributed by atoms with Gasteiger partial charge >= 0.3 is 5.97 Å². The van der Waals surface area contributed by atoms with Gasteiger partial charge in [0.2, 0.25) is 5.90 Å². The van der Waals surface area contributed by atoms with Crippen molar-refractivity contribution in [1.82, 2.24) is 0 Å². The maximum absolute atomic E-state index is 11.8. The Balaban J connectivity index is 1.91. The molecule has 0 saturated carbocycles. The summed E-state index contributed by atoms with van der Waals surface area (Å²) in [4.78, 5) is 16.1. The second kappa shape index (κ2) is 5.72. The first kappa shape index (κ1) is 13.9. The van der Waals surface area contributed by atoms with Gasteiger partial charge in [-0.05, 0) is 48.0 Å². The smallest absolute Gasteiger partial charge is 0.363 e. The van der Waals surface area contributed by atoms with Crippen molar-refractivity contribution in [3.8, 4) is 0 Å². The zero-order valence-corrected chi connectivity index (χ0v) is 12.2. The molecule has 1 aliphatic heterocycles. The SMILES string of the molecule is O=C1OC(c2ccc(Cl)cc2)=N/C1=C/c1ccc(Cl)cc1. The second-order valence-electron chi connectivity index (χ2n) is 4.39. The van der Waals surface area contributed by atoms with E-state index in [2.05, 4.69) is 4.99 Å². The molecule has 0 unspecified atom stereocenters. The molecule has 0 spiro atoms. The highest BCUT2D eigenvalue weighted by molar-refractivity contribution is 6.31. The minimum Gasteiger partial charge on any atom is -0.402 e. The molecular weight excluding hydrogens is 309 g/mol. The quantitative estimate of drug-likeness (QED) is 0.610. The molecule has 2 aromatic carbocycles. The summed E-state index contributed by atoms with van der Waals surface area (Å²) in [7, 11) is 0. The van der Waals surface area contributed by atoms with E-state index in [0.717, 1.165) is 5.56 Å². The molecule has 1 heterocycles. The predicted molar refractivity (Wildman–Crippen MR) is 83.5 cm³/mol. The predicted octanol–water partition coefficient (Wildman–Crippen LogP) is 4.34. The maximum atomic E-state index is 11.8. The summed E-state index contributed by atoms with van der Waals surface area (Å²) < 4.78 is 5.17. The number of ether oxygens (including phenoxy) is 1. The normalized spacial score (nSPS) is 16.0. The number of rotatable bonds is 2. The van der Waals surface area contributed by atoms with Crippen molar-refractivity contribution < 1.29 is 9.53 Å². The van der Waals surface area contributed by atoms with Crippen LogP contribution in [0.3, 0.4) is 0 Å². The van der Waals surface area contributed by atoms with E-state index < -0.39 is 5.97 Å². The van der Waals surface area contributed by atoms with Crippen molar-refractivity contribution in [2.45, 2.75) is 0 Å². The maximum Gasteiger partial charge on any atom is 0.363 e. The molecule has 0 bridgehead atoms. The lowest BCUT2D eigenvalue weighted by Gasteiger charge is -1.98. The molecule has 0 aliphatic carbocycles. The van der Waals surface area contributed by atoms with Gasteiger partial charge in [0.05, 0.1) is 0 Å². The lowest BCUT2D eigenvalue weighted by atomic mass is 10.2. The van der Waals surface area contributed by atoms with Gasteiger partial charge in [0, 0.05) is 15.6 Å². The molecule has 5 heteroatoms. The highest BCUT2D eigenvalue weighted by Crippen LogP contribution is 2.21. The van der Waals surface area contributed by atoms with Crippen LogP contribution in [0.2, 0.25) is 10.0 Å². The van der Waals surface area contributed by atoms with E-state index in [1.54, 1.807) is 54.6 Å². The fourth-order valence-electron chi connectivity index (χ4n) is 1.84. The lowest BCUT2D eigenvalue weighted by molar-refractivity contribution is -0.129. The number of halogens is 2. The molecule has 21 heavy (non-hydrogen) atoms. The Morgan fingerprint density at radius 3 is 2.10 bits per heavy atom. The molecule has 0 N–H and O–H groups in total. The molecule has 2 aromatic rings. The van der Waals surface area contributed by atoms with Crippen LogP contribution in [0.4, 0.5) is 0 Å². The lowest BCUT2D eigenvalue weighted by Crippen LogP contribution is -2.05. The number of carbonyl (C=O) groups excluding carboxylic acids is 1. The molecule has 0 aromatic heterocycles. The van der Waals surface area contributed by atoms with E-state index in [-0.39, 0.29) is 11.6 Å². The number of carbonyl (C=O) groups is 1. The molecule has 0 atom stereocenters. The number of aliphatic imine (C=N–C) groups is 1. The van der Waals surface area contributed by atoms with Crippen LogP contribution >= 0.6 is 23.2 Å². The van der Waals surface area contributed by atoms with Gasteiger partial charge in [0.15, 0.2) is 5.70 Å². The van der Waals surface area contributed by atoms with Crippen molar-refractivity contribution >= 4 is 41.1 Å². The molecule has 3 nitrogen and oxygen atoms in total. The van der Waals surface area contributed by atoms with Gasteiger partial charge in [0.25, 0.3) is 0 Å². The Hall–Kier alpha value is -2.10. The number of benzene rings is 2. The van der Waals surface area contributed by atoms with E-state index in [1.165, 1.54) is 0 Å². The molecule has 3 rings (SSSR count). The van der Waals surface area contributed by atoms with Crippen molar-refractivity contribution in [3.05, 3.63) is 75.4 Å². The topological polar surface area (TPSA) is 38.7 Å². The molecular formula is C16H9Cl2NO2. The zero-order valence-electron chi connectivity index (χ0n) is 10.7. The van der Waals surface area contributed by atoms with Gasteiger partial charge < -0.3 is 4.74 Å². The van der Waals surface area contributed by atoms with Gasteiger partial charge in [-0.1, -0.05) is 35.3 Å². The van der Waals surface area contributed by atoms with Crippen molar-refractivity contribution in [3.63, 3.8) is 0 Å². The van der Waals surface area contributed by atoms with Crippen molar-refractivity contribution in [2.75, 3.05) is 0 Å². The van der Waals surface area contributed by atoms with Crippen LogP contribution in [0.5, 0.6) is 0 Å². The Labute approximate surface area is 131 Å². The summed E-state index contributed by atoms with van der Waals surface area (Å²) in [6.45, 7) is 0. The van der Waals surface area contributed by atoms with Gasteiger partial charge in [-0.2, -0.15) is 0 Å². The van der Waals surface area contributed by atoms with Crippen LogP contribution in [0, 0.1) is 0 Å². The standard InChI is InChI=1S/C16H9Cl2NO2/c17-12-5-1-10(2-6-12)9-14-16(20)21-15(19-14)11-3-7-13(18)8-4-11/h1-9H/b14-9+. The van der Waals surface area contributed by atoms with Crippen LogP contribution in [-0.4, -0.2) is 11.9 Å². The van der Waals surface area contributed by atoms with E-state index in [1.807, 2.05) is 0 Å². The fraction of sp³-hybridized carbons (Fsp3) is 0. The van der Waals surface area contributed by atoms with E-state index in [9.17, 15) is 4.79 Å². The van der Waals surface area contributed by atoms with Gasteiger partial charge in [0.1, 0.15) is 0 Å². The third-order valence-corrected chi connectivity index (χ3v) is 3.39. The fourth-order valence-corrected chi connectivity index (χ4v) is 2.09. The minimum atomic E-state index is -0.477. The van der Waals surface area contributed by atoms with E-state index in [0.29, 0.717) is 15.6 Å². The third kappa shape index (κ3) is 3.15. The summed E-state index contributed by atoms with van der Waals surface area (Å²) in [6, 6.07) is 14.0. The molecule has 0 amide bonds. The Morgan fingerprint density at radius 1 is 0.905 bits per heavy atom. The Bertz CT molecular complexity index is 747. The first-order chi connectivity index (χ1) is 10.1. The minimum absolute atomic E-state index is 0.252. The highest BCUT2D eigenvalue weighted by Gasteiger charge is 2.23. The van der Waals surface area contributed by atoms with Crippen LogP contribution in [0.25, 0.3) is 6.08 Å². The first-order valence-electron chi connectivity index (χ1n) is 6.16. The van der Waals surface area contributed by atoms with Crippen LogP contribution in [-0.2, 0) is 9.53 Å². The van der Waals surface area contributed by atoms with Crippen molar-refractivity contribution in [2.24, 2.45) is 4.99 Å². The monoisotopic (exact) mass is 317 g/mol. The average Bonchev–Trinajstić information content (AvgIpc) is 2.83. The van der Waals surface area contributed by atoms with Crippen LogP contribution < -0.4 is 0 Å². The molecule has 0 radical (unpaired) electrons. The zero-order chi connectivity index (χ0) is 14.8. The first-order valence-corrected chi connectivity index (χ1v) is 6.91. The summed E-state index contributed by atoms with van der Waals surface area (Å²) in [5.74, 6) is -0.202. The van der Waals surface area contributed by atoms with E-state index in [4.69, 9.17) is 27.9 Å². The number of nitrogens with zero attached hydrogens (tertiary/aromatic N) is 1. The van der Waals surface area contributed by atoms with Gasteiger partial charge in [-0.3, -0.25) is 0 Å². The summed E-state index contributed by atoms with van der Waals surface area (Å²) >= 11 is 11.6. The Kier molecular flexibility index (Phi) is 3.78. The summed E-state index contributed by atoms with van der Waals surface area (Å²) in [6.07, 6.45) is 1.65. The summed E-state index contributed by atoms with van der Waals surface area (Å²) in [5, 5.41) is 1.25. The number of esters is 1. The molecule has 0 fully saturated rings. The molecule has 1 aliphatic rings. The third-order valence-electron chi connectivity index (χ3n) is 2.89. The number of hydrogen-bond acceptors (Lipinski definition) is 3.